The molecule has 2 amide bonds. The Bertz CT molecular complexity index is 794. The van der Waals surface area contributed by atoms with E-state index in [0.717, 1.165) is 25.7 Å². The number of nitrogens with one attached hydrogen (secondary N) is 2. The number of amides is 2. The van der Waals surface area contributed by atoms with E-state index in [1.807, 2.05) is 7.05 Å². The first-order chi connectivity index (χ1) is 14.0. The maximum absolute atomic E-state index is 13.7. The fourth-order valence-electron chi connectivity index (χ4n) is 3.00. The number of unbranched alkanes of at least 4 members (excludes halogenated alkanes) is 3. The molecule has 2 rings (SSSR count). The topological polar surface area (TPSA) is 85.2 Å². The normalized spacial score (nSPS) is 11.7. The maximum atomic E-state index is 13.7. The van der Waals surface area contributed by atoms with Gasteiger partial charge in [0.15, 0.2) is 0 Å². The van der Waals surface area contributed by atoms with E-state index >= 15 is 0 Å². The number of rotatable bonds is 11. The van der Waals surface area contributed by atoms with Gasteiger partial charge in [0.25, 0.3) is 0 Å². The molecule has 0 aliphatic carbocycles. The Kier molecular flexibility index (Phi) is 9.14. The molecule has 0 fully saturated rings. The van der Waals surface area contributed by atoms with E-state index in [2.05, 4.69) is 15.6 Å². The molecule has 1 aromatic heterocycles. The van der Waals surface area contributed by atoms with Gasteiger partial charge < -0.3 is 19.9 Å². The van der Waals surface area contributed by atoms with Crippen LogP contribution in [-0.4, -0.2) is 34.7 Å². The molecule has 158 valence electrons. The lowest BCUT2D eigenvalue weighted by atomic mass is 10.1. The van der Waals surface area contributed by atoms with Gasteiger partial charge in [0, 0.05) is 32.4 Å². The largest absolute Gasteiger partial charge is 0.466 e. The van der Waals surface area contributed by atoms with Crippen molar-refractivity contribution in [3.63, 3.8) is 0 Å². The van der Waals surface area contributed by atoms with Gasteiger partial charge in [0.05, 0.1) is 6.61 Å². The van der Waals surface area contributed by atoms with E-state index in [9.17, 15) is 14.0 Å². The summed E-state index contributed by atoms with van der Waals surface area (Å²) < 4.78 is 20.3. The number of esters is 1. The second kappa shape index (κ2) is 11.8. The smallest absolute Gasteiger partial charge is 0.315 e. The zero-order valence-electron chi connectivity index (χ0n) is 17.0. The predicted octanol–water partition coefficient (Wildman–Crippen LogP) is 3.46. The number of ether oxygens (including phenoxy) is 1. The number of benzene rings is 1. The number of imidazole rings is 1. The summed E-state index contributed by atoms with van der Waals surface area (Å²) in [6.07, 6.45) is 7.25. The number of aryl methyl sites for hydroxylation is 1. The fourth-order valence-corrected chi connectivity index (χ4v) is 3.00. The molecule has 1 heterocycles. The zero-order valence-corrected chi connectivity index (χ0v) is 17.0. The summed E-state index contributed by atoms with van der Waals surface area (Å²) in [6, 6.07) is 5.22. The number of urea groups is 1. The van der Waals surface area contributed by atoms with Crippen molar-refractivity contribution in [1.82, 2.24) is 20.2 Å². The van der Waals surface area contributed by atoms with Crippen molar-refractivity contribution < 1.29 is 18.7 Å². The standard InChI is InChI=1S/C21H29FN4O3/c1-3-29-18(27)11-6-4-5-7-12-24-21(28)25-19(20-23-13-14-26(20)2)16-9-8-10-17(22)15-16/h8-10,13-15,19H,3-7,11-12H2,1-2H3,(H2,24,25,28). The van der Waals surface area contributed by atoms with E-state index in [-0.39, 0.29) is 17.8 Å². The Balaban J connectivity index is 1.79. The van der Waals surface area contributed by atoms with Crippen molar-refractivity contribution in [3.8, 4) is 0 Å². The first kappa shape index (κ1) is 22.4. The average molecular weight is 404 g/mol. The Morgan fingerprint density at radius 2 is 2.03 bits per heavy atom. The Labute approximate surface area is 170 Å². The van der Waals surface area contributed by atoms with Gasteiger partial charge in [-0.1, -0.05) is 25.0 Å². The minimum absolute atomic E-state index is 0.164. The Hall–Kier alpha value is -2.90. The summed E-state index contributed by atoms with van der Waals surface area (Å²) >= 11 is 0. The number of carbonyl (C=O) groups excluding carboxylic acids is 2. The summed E-state index contributed by atoms with van der Waals surface area (Å²) in [6.45, 7) is 2.72. The second-order valence-corrected chi connectivity index (χ2v) is 6.75. The third-order valence-electron chi connectivity index (χ3n) is 4.47. The average Bonchev–Trinajstić information content (AvgIpc) is 3.11. The molecule has 0 radical (unpaired) electrons. The van der Waals surface area contributed by atoms with Crippen LogP contribution in [-0.2, 0) is 16.6 Å². The monoisotopic (exact) mass is 404 g/mol. The van der Waals surface area contributed by atoms with Gasteiger partial charge in [-0.15, -0.1) is 0 Å². The number of nitrogens with zero attached hydrogens (tertiary/aromatic N) is 2. The summed E-state index contributed by atoms with van der Waals surface area (Å²) in [5.74, 6) is 0.0825. The van der Waals surface area contributed by atoms with E-state index < -0.39 is 6.04 Å². The number of halogens is 1. The van der Waals surface area contributed by atoms with E-state index in [0.29, 0.717) is 31.0 Å². The molecule has 7 nitrogen and oxygen atoms in total. The molecule has 2 aromatic rings. The van der Waals surface area contributed by atoms with Crippen LogP contribution in [0.1, 0.15) is 56.5 Å². The highest BCUT2D eigenvalue weighted by atomic mass is 19.1. The zero-order chi connectivity index (χ0) is 21.1. The molecule has 0 saturated heterocycles. The number of hydrogen-bond acceptors (Lipinski definition) is 4. The summed E-state index contributed by atoms with van der Waals surface area (Å²) in [5.41, 5.74) is 0.619. The van der Waals surface area contributed by atoms with Gasteiger partial charge in [-0.05, 0) is 37.5 Å². The van der Waals surface area contributed by atoms with Crippen LogP contribution >= 0.6 is 0 Å². The van der Waals surface area contributed by atoms with Gasteiger partial charge in [-0.3, -0.25) is 4.79 Å². The van der Waals surface area contributed by atoms with Gasteiger partial charge in [-0.25, -0.2) is 14.2 Å². The fraction of sp³-hybridized carbons (Fsp3) is 0.476. The minimum atomic E-state index is -0.560. The van der Waals surface area contributed by atoms with Crippen LogP contribution in [0.3, 0.4) is 0 Å². The molecule has 1 unspecified atom stereocenters. The third kappa shape index (κ3) is 7.56. The van der Waals surface area contributed by atoms with Crippen LogP contribution in [0.15, 0.2) is 36.7 Å². The van der Waals surface area contributed by atoms with Gasteiger partial charge in [0.2, 0.25) is 0 Å². The molecular formula is C21H29FN4O3. The Morgan fingerprint density at radius 1 is 1.24 bits per heavy atom. The minimum Gasteiger partial charge on any atom is -0.466 e. The van der Waals surface area contributed by atoms with E-state index in [4.69, 9.17) is 4.74 Å². The molecule has 0 aliphatic rings. The molecule has 0 spiro atoms. The molecule has 8 heteroatoms. The molecule has 2 N–H and O–H groups in total. The number of hydrogen-bond donors (Lipinski definition) is 2. The summed E-state index contributed by atoms with van der Waals surface area (Å²) in [5, 5.41) is 5.70. The van der Waals surface area contributed by atoms with E-state index in [1.54, 1.807) is 36.0 Å². The van der Waals surface area contributed by atoms with Gasteiger partial charge in [-0.2, -0.15) is 0 Å². The lowest BCUT2D eigenvalue weighted by molar-refractivity contribution is -0.143. The molecule has 0 aliphatic heterocycles. The summed E-state index contributed by atoms with van der Waals surface area (Å²) in [4.78, 5) is 27.9. The highest BCUT2D eigenvalue weighted by molar-refractivity contribution is 5.74. The number of carbonyl (C=O) groups is 2. The SMILES string of the molecule is CCOC(=O)CCCCCCNC(=O)NC(c1cccc(F)c1)c1nccn1C. The Morgan fingerprint density at radius 3 is 2.72 bits per heavy atom. The summed E-state index contributed by atoms with van der Waals surface area (Å²) in [7, 11) is 1.82. The molecule has 1 aromatic carbocycles. The van der Waals surface area contributed by atoms with Crippen LogP contribution in [0.25, 0.3) is 0 Å². The van der Waals surface area contributed by atoms with Crippen molar-refractivity contribution in [2.75, 3.05) is 13.2 Å². The lowest BCUT2D eigenvalue weighted by Gasteiger charge is -2.19. The predicted molar refractivity (Wildman–Crippen MR) is 108 cm³/mol. The van der Waals surface area contributed by atoms with E-state index in [1.165, 1.54) is 12.1 Å². The molecule has 0 saturated carbocycles. The highest BCUT2D eigenvalue weighted by Crippen LogP contribution is 2.21. The van der Waals surface area contributed by atoms with Crippen molar-refractivity contribution in [2.24, 2.45) is 7.05 Å². The van der Waals surface area contributed by atoms with Crippen LogP contribution < -0.4 is 10.6 Å². The van der Waals surface area contributed by atoms with Crippen LogP contribution in [0.4, 0.5) is 9.18 Å². The molecule has 0 bridgehead atoms. The van der Waals surface area contributed by atoms with Crippen LogP contribution in [0, 0.1) is 5.82 Å². The lowest BCUT2D eigenvalue weighted by Crippen LogP contribution is -2.39. The first-order valence-electron chi connectivity index (χ1n) is 9.94. The first-order valence-corrected chi connectivity index (χ1v) is 9.94. The van der Waals surface area contributed by atoms with Gasteiger partial charge >= 0.3 is 12.0 Å². The van der Waals surface area contributed by atoms with Gasteiger partial charge in [0.1, 0.15) is 17.7 Å². The van der Waals surface area contributed by atoms with Crippen LogP contribution in [0.5, 0.6) is 0 Å². The maximum Gasteiger partial charge on any atom is 0.315 e. The third-order valence-corrected chi connectivity index (χ3v) is 4.47. The second-order valence-electron chi connectivity index (χ2n) is 6.75. The van der Waals surface area contributed by atoms with Crippen molar-refractivity contribution >= 4 is 12.0 Å². The van der Waals surface area contributed by atoms with Crippen molar-refractivity contribution in [3.05, 3.63) is 53.9 Å². The van der Waals surface area contributed by atoms with Crippen molar-refractivity contribution in [2.45, 2.75) is 45.1 Å². The molecular weight excluding hydrogens is 375 g/mol. The van der Waals surface area contributed by atoms with Crippen molar-refractivity contribution in [1.29, 1.82) is 0 Å². The van der Waals surface area contributed by atoms with Crippen LogP contribution in [0.2, 0.25) is 0 Å². The number of aromatic nitrogens is 2. The highest BCUT2D eigenvalue weighted by Gasteiger charge is 2.21. The molecule has 1 atom stereocenters. The molecule has 29 heavy (non-hydrogen) atoms. The quantitative estimate of drug-likeness (QED) is 0.444.